The predicted octanol–water partition coefficient (Wildman–Crippen LogP) is 3.40. The molecule has 0 aliphatic heterocycles. The highest BCUT2D eigenvalue weighted by molar-refractivity contribution is 6.34. The summed E-state index contributed by atoms with van der Waals surface area (Å²) in [5.74, 6) is 0.641. The first-order valence-electron chi connectivity index (χ1n) is 7.38. The zero-order valence-electron chi connectivity index (χ0n) is 12.8. The Balaban J connectivity index is 1.98. The molecule has 0 saturated carbocycles. The van der Waals surface area contributed by atoms with Crippen LogP contribution in [0.3, 0.4) is 0 Å². The monoisotopic (exact) mass is 340 g/mol. The number of imidazole rings is 1. The topological polar surface area (TPSA) is 95.6 Å². The van der Waals surface area contributed by atoms with Gasteiger partial charge < -0.3 is 10.3 Å². The summed E-state index contributed by atoms with van der Waals surface area (Å²) in [6.07, 6.45) is 1.52. The summed E-state index contributed by atoms with van der Waals surface area (Å²) in [4.78, 5) is 9.02. The zero-order chi connectivity index (χ0) is 16.7. The van der Waals surface area contributed by atoms with Gasteiger partial charge >= 0.3 is 0 Å². The highest BCUT2D eigenvalue weighted by Crippen LogP contribution is 2.31. The van der Waals surface area contributed by atoms with Crippen molar-refractivity contribution < 1.29 is 4.63 Å². The molecule has 0 spiro atoms. The molecule has 0 amide bonds. The lowest BCUT2D eigenvalue weighted by molar-refractivity contribution is 0.308. The Morgan fingerprint density at radius 1 is 1.21 bits per heavy atom. The SMILES string of the molecule is CCn1c(-c2cnon2)nc2c(Cl)nc(-c3cccc(N)c3)cc21. The van der Waals surface area contributed by atoms with Crippen molar-refractivity contribution in [2.45, 2.75) is 13.5 Å². The molecule has 0 saturated heterocycles. The number of benzene rings is 1. The van der Waals surface area contributed by atoms with Crippen LogP contribution in [-0.4, -0.2) is 24.8 Å². The average molecular weight is 341 g/mol. The lowest BCUT2D eigenvalue weighted by atomic mass is 10.1. The summed E-state index contributed by atoms with van der Waals surface area (Å²) in [7, 11) is 0. The van der Waals surface area contributed by atoms with Gasteiger partial charge in [-0.15, -0.1) is 0 Å². The van der Waals surface area contributed by atoms with Crippen molar-refractivity contribution in [1.29, 1.82) is 0 Å². The lowest BCUT2D eigenvalue weighted by Gasteiger charge is -2.06. The van der Waals surface area contributed by atoms with Crippen LogP contribution >= 0.6 is 11.6 Å². The van der Waals surface area contributed by atoms with E-state index in [9.17, 15) is 0 Å². The van der Waals surface area contributed by atoms with E-state index >= 15 is 0 Å². The third kappa shape index (κ3) is 2.30. The Morgan fingerprint density at radius 3 is 2.79 bits per heavy atom. The van der Waals surface area contributed by atoms with Gasteiger partial charge in [0.25, 0.3) is 0 Å². The van der Waals surface area contributed by atoms with E-state index in [0.29, 0.717) is 34.4 Å². The van der Waals surface area contributed by atoms with Gasteiger partial charge in [-0.25, -0.2) is 14.6 Å². The molecule has 120 valence electrons. The number of fused-ring (bicyclic) bond motifs is 1. The van der Waals surface area contributed by atoms with Gasteiger partial charge in [-0.2, -0.15) is 0 Å². The zero-order valence-corrected chi connectivity index (χ0v) is 13.5. The highest BCUT2D eigenvalue weighted by Gasteiger charge is 2.18. The Hall–Kier alpha value is -2.93. The van der Waals surface area contributed by atoms with E-state index in [1.54, 1.807) is 0 Å². The fraction of sp³-hybridized carbons (Fsp3) is 0.125. The lowest BCUT2D eigenvalue weighted by Crippen LogP contribution is -1.98. The van der Waals surface area contributed by atoms with Gasteiger partial charge in [0.15, 0.2) is 16.7 Å². The van der Waals surface area contributed by atoms with Crippen molar-refractivity contribution >= 4 is 28.3 Å². The maximum atomic E-state index is 6.38. The quantitative estimate of drug-likeness (QED) is 0.453. The fourth-order valence-corrected chi connectivity index (χ4v) is 2.94. The van der Waals surface area contributed by atoms with Gasteiger partial charge in [-0.3, -0.25) is 0 Å². The second-order valence-electron chi connectivity index (χ2n) is 5.26. The Morgan fingerprint density at radius 2 is 2.08 bits per heavy atom. The summed E-state index contributed by atoms with van der Waals surface area (Å²) in [6, 6.07) is 9.46. The van der Waals surface area contributed by atoms with Crippen molar-refractivity contribution in [2.24, 2.45) is 0 Å². The Bertz CT molecular complexity index is 1020. The van der Waals surface area contributed by atoms with Crippen LogP contribution in [0.5, 0.6) is 0 Å². The van der Waals surface area contributed by atoms with Crippen molar-refractivity contribution in [3.63, 3.8) is 0 Å². The van der Waals surface area contributed by atoms with Crippen molar-refractivity contribution in [3.8, 4) is 22.8 Å². The number of halogens is 1. The molecule has 4 rings (SSSR count). The fourth-order valence-electron chi connectivity index (χ4n) is 2.71. The van der Waals surface area contributed by atoms with E-state index in [4.69, 9.17) is 17.3 Å². The first-order chi connectivity index (χ1) is 11.7. The van der Waals surface area contributed by atoms with Gasteiger partial charge in [0.2, 0.25) is 0 Å². The van der Waals surface area contributed by atoms with Gasteiger partial charge in [0, 0.05) is 17.8 Å². The Labute approximate surface area is 142 Å². The van der Waals surface area contributed by atoms with E-state index in [1.165, 1.54) is 6.20 Å². The smallest absolute Gasteiger partial charge is 0.170 e. The number of aryl methyl sites for hydroxylation is 1. The molecule has 0 aliphatic carbocycles. The minimum Gasteiger partial charge on any atom is -0.399 e. The molecule has 0 bridgehead atoms. The summed E-state index contributed by atoms with van der Waals surface area (Å²) < 4.78 is 6.68. The highest BCUT2D eigenvalue weighted by atomic mass is 35.5. The van der Waals surface area contributed by atoms with Crippen LogP contribution in [0.4, 0.5) is 5.69 Å². The molecule has 0 atom stereocenters. The number of anilines is 1. The number of aromatic nitrogens is 5. The average Bonchev–Trinajstić information content (AvgIpc) is 3.21. The molecule has 0 fully saturated rings. The van der Waals surface area contributed by atoms with Crippen LogP contribution < -0.4 is 5.73 Å². The van der Waals surface area contributed by atoms with Gasteiger partial charge in [0.1, 0.15) is 11.7 Å². The molecule has 8 heteroatoms. The first-order valence-corrected chi connectivity index (χ1v) is 7.75. The normalized spacial score (nSPS) is 11.2. The molecule has 0 aliphatic rings. The van der Waals surface area contributed by atoms with Crippen molar-refractivity contribution in [1.82, 2.24) is 24.8 Å². The second kappa shape index (κ2) is 5.61. The van der Waals surface area contributed by atoms with Crippen LogP contribution in [0.1, 0.15) is 6.92 Å². The number of nitrogens with zero attached hydrogens (tertiary/aromatic N) is 5. The molecule has 3 heterocycles. The standard InChI is InChI=1S/C16H13ClN6O/c1-2-23-13-7-11(9-4-3-5-10(18)6-9)20-15(17)14(13)21-16(23)12-8-19-24-22-12/h3-8H,2,18H2,1H3. The maximum absolute atomic E-state index is 6.38. The third-order valence-corrected chi connectivity index (χ3v) is 4.05. The minimum atomic E-state index is 0.329. The molecule has 0 radical (unpaired) electrons. The van der Waals surface area contributed by atoms with E-state index in [2.05, 4.69) is 24.9 Å². The van der Waals surface area contributed by atoms with Crippen LogP contribution in [0.25, 0.3) is 33.8 Å². The largest absolute Gasteiger partial charge is 0.399 e. The molecule has 24 heavy (non-hydrogen) atoms. The molecule has 3 aromatic heterocycles. The van der Waals surface area contributed by atoms with Gasteiger partial charge in [0.05, 0.1) is 11.2 Å². The number of nitrogens with two attached hydrogens (primary N) is 1. The third-order valence-electron chi connectivity index (χ3n) is 3.78. The maximum Gasteiger partial charge on any atom is 0.170 e. The molecule has 1 aromatic carbocycles. The molecule has 0 unspecified atom stereocenters. The molecular formula is C16H13ClN6O. The summed E-state index contributed by atoms with van der Waals surface area (Å²) >= 11 is 6.38. The van der Waals surface area contributed by atoms with Crippen LogP contribution in [0.15, 0.2) is 41.2 Å². The summed E-state index contributed by atoms with van der Waals surface area (Å²) in [6.45, 7) is 2.71. The van der Waals surface area contributed by atoms with E-state index in [1.807, 2.05) is 41.8 Å². The number of rotatable bonds is 3. The van der Waals surface area contributed by atoms with Crippen LogP contribution in [-0.2, 0) is 6.54 Å². The predicted molar refractivity (Wildman–Crippen MR) is 91.4 cm³/mol. The van der Waals surface area contributed by atoms with E-state index in [0.717, 1.165) is 16.8 Å². The van der Waals surface area contributed by atoms with Crippen molar-refractivity contribution in [3.05, 3.63) is 41.7 Å². The van der Waals surface area contributed by atoms with Crippen LogP contribution in [0, 0.1) is 0 Å². The number of hydrogen-bond donors (Lipinski definition) is 1. The number of pyridine rings is 1. The molecule has 7 nitrogen and oxygen atoms in total. The molecular weight excluding hydrogens is 328 g/mol. The Kier molecular flexibility index (Phi) is 3.42. The summed E-state index contributed by atoms with van der Waals surface area (Å²) in [5, 5.41) is 7.83. The second-order valence-corrected chi connectivity index (χ2v) is 5.62. The van der Waals surface area contributed by atoms with Gasteiger partial charge in [-0.1, -0.05) is 28.9 Å². The summed E-state index contributed by atoms with van der Waals surface area (Å²) in [5.41, 5.74) is 10.2. The first kappa shape index (κ1) is 14.6. The van der Waals surface area contributed by atoms with Gasteiger partial charge in [-0.05, 0) is 30.3 Å². The minimum absolute atomic E-state index is 0.329. The van der Waals surface area contributed by atoms with Crippen LogP contribution in [0.2, 0.25) is 5.15 Å². The molecule has 4 aromatic rings. The molecule has 2 N–H and O–H groups in total. The van der Waals surface area contributed by atoms with Crippen molar-refractivity contribution in [2.75, 3.05) is 5.73 Å². The number of nitrogen functional groups attached to an aromatic ring is 1. The number of hydrogen-bond acceptors (Lipinski definition) is 6. The van der Waals surface area contributed by atoms with E-state index in [-0.39, 0.29) is 0 Å². The van der Waals surface area contributed by atoms with E-state index < -0.39 is 0 Å².